The number of carbonyl (C=O) groups excluding carboxylic acids is 1. The lowest BCUT2D eigenvalue weighted by Gasteiger charge is -2.35. The Morgan fingerprint density at radius 3 is 2.66 bits per heavy atom. The smallest absolute Gasteiger partial charge is 0.410 e. The van der Waals surface area contributed by atoms with Gasteiger partial charge in [-0.05, 0) is 76.4 Å². The summed E-state index contributed by atoms with van der Waals surface area (Å²) >= 11 is 6.73. The predicted molar refractivity (Wildman–Crippen MR) is 130 cm³/mol. The fourth-order valence-electron chi connectivity index (χ4n) is 4.54. The first-order valence-electron chi connectivity index (χ1n) is 11.0. The quantitative estimate of drug-likeness (QED) is 0.497. The molecule has 1 saturated heterocycles. The topological polar surface area (TPSA) is 54.5 Å². The third kappa shape index (κ3) is 4.40. The predicted octanol–water partition coefficient (Wildman–Crippen LogP) is 6.45. The Labute approximate surface area is 194 Å². The summed E-state index contributed by atoms with van der Waals surface area (Å²) in [6, 6.07) is 14.2. The summed E-state index contributed by atoms with van der Waals surface area (Å²) in [7, 11) is 0. The summed E-state index contributed by atoms with van der Waals surface area (Å²) in [5.41, 5.74) is 4.10. The number of hydrogen-bond acceptors (Lipinski definition) is 4. The van der Waals surface area contributed by atoms with E-state index in [2.05, 4.69) is 48.4 Å². The number of aryl methyl sites for hydroxylation is 2. The number of halogens is 1. The lowest BCUT2D eigenvalue weighted by atomic mass is 9.85. The molecule has 32 heavy (non-hydrogen) atoms. The Kier molecular flexibility index (Phi) is 5.80. The van der Waals surface area contributed by atoms with E-state index < -0.39 is 11.1 Å². The number of aromatic nitrogens is 1. The Hall–Kier alpha value is -2.79. The number of hydrogen-bond donors (Lipinski definition) is 1. The van der Waals surface area contributed by atoms with Crippen molar-refractivity contribution in [3.63, 3.8) is 0 Å². The summed E-state index contributed by atoms with van der Waals surface area (Å²) in [6.07, 6.45) is 2.24. The normalized spacial score (nSPS) is 18.8. The number of likely N-dealkylation sites (tertiary alicyclic amines) is 1. The number of nitrogens with zero attached hydrogens (tertiary/aromatic N) is 2. The highest BCUT2D eigenvalue weighted by atomic mass is 35.5. The van der Waals surface area contributed by atoms with Gasteiger partial charge in [0.25, 0.3) is 0 Å². The van der Waals surface area contributed by atoms with E-state index in [1.165, 1.54) is 5.56 Å². The maximum absolute atomic E-state index is 12.8. The standard InChI is InChI=1S/C26H30ClN3O2/c1-17-11-13-28-22-15-19(9-10-20(17)22)29-26(23-18(2)7-6-8-21(23)27)12-14-30(16-26)24(31)32-25(3,4)5/h6-11,13,15,29H,12,14,16H2,1-5H3/t26-/m0/s1. The molecule has 1 aromatic heterocycles. The Bertz CT molecular complexity index is 1150. The fraction of sp³-hybridized carbons (Fsp3) is 0.385. The second-order valence-corrected chi connectivity index (χ2v) is 10.1. The molecule has 4 rings (SSSR count). The molecule has 1 aliphatic rings. The monoisotopic (exact) mass is 451 g/mol. The van der Waals surface area contributed by atoms with E-state index in [0.717, 1.165) is 34.1 Å². The SMILES string of the molecule is Cc1cccc(Cl)c1[C@]1(Nc2ccc3c(C)ccnc3c2)CCN(C(=O)OC(C)(C)C)C1. The molecular formula is C26H30ClN3O2. The zero-order valence-electron chi connectivity index (χ0n) is 19.3. The van der Waals surface area contributed by atoms with Gasteiger partial charge in [-0.15, -0.1) is 0 Å². The van der Waals surface area contributed by atoms with Crippen LogP contribution >= 0.6 is 11.6 Å². The van der Waals surface area contributed by atoms with Crippen LogP contribution < -0.4 is 5.32 Å². The number of anilines is 1. The molecule has 2 aromatic carbocycles. The molecule has 3 aromatic rings. The highest BCUT2D eigenvalue weighted by Gasteiger charge is 2.44. The molecule has 0 spiro atoms. The average molecular weight is 452 g/mol. The lowest BCUT2D eigenvalue weighted by Crippen LogP contribution is -2.42. The van der Waals surface area contributed by atoms with Gasteiger partial charge in [-0.1, -0.05) is 29.8 Å². The molecule has 0 aliphatic carbocycles. The van der Waals surface area contributed by atoms with E-state index in [1.807, 2.05) is 45.2 Å². The third-order valence-electron chi connectivity index (χ3n) is 5.97. The van der Waals surface area contributed by atoms with E-state index >= 15 is 0 Å². The van der Waals surface area contributed by atoms with Crippen LogP contribution in [-0.2, 0) is 10.3 Å². The van der Waals surface area contributed by atoms with Gasteiger partial charge >= 0.3 is 6.09 Å². The minimum Gasteiger partial charge on any atom is -0.444 e. The minimum atomic E-state index is -0.544. The first kappa shape index (κ1) is 22.4. The molecule has 0 unspecified atom stereocenters. The van der Waals surface area contributed by atoms with Crippen molar-refractivity contribution in [1.82, 2.24) is 9.88 Å². The number of ether oxygens (including phenoxy) is 1. The second kappa shape index (κ2) is 8.28. The van der Waals surface area contributed by atoms with E-state index in [9.17, 15) is 4.79 Å². The summed E-state index contributed by atoms with van der Waals surface area (Å²) in [6.45, 7) is 10.8. The first-order valence-corrected chi connectivity index (χ1v) is 11.3. The van der Waals surface area contributed by atoms with Gasteiger partial charge in [0, 0.05) is 34.4 Å². The average Bonchev–Trinajstić information content (AvgIpc) is 3.11. The van der Waals surface area contributed by atoms with Crippen LogP contribution in [0.15, 0.2) is 48.7 Å². The first-order chi connectivity index (χ1) is 15.1. The van der Waals surface area contributed by atoms with Gasteiger partial charge in [-0.3, -0.25) is 4.98 Å². The van der Waals surface area contributed by atoms with Crippen LogP contribution in [0.25, 0.3) is 10.9 Å². The summed E-state index contributed by atoms with van der Waals surface area (Å²) in [5.74, 6) is 0. The fourth-order valence-corrected chi connectivity index (χ4v) is 4.95. The number of benzene rings is 2. The highest BCUT2D eigenvalue weighted by Crippen LogP contribution is 2.41. The maximum atomic E-state index is 12.8. The van der Waals surface area contributed by atoms with Crippen LogP contribution in [0, 0.1) is 13.8 Å². The van der Waals surface area contributed by atoms with Gasteiger partial charge in [-0.25, -0.2) is 4.79 Å². The Morgan fingerprint density at radius 2 is 1.94 bits per heavy atom. The molecule has 0 saturated carbocycles. The van der Waals surface area contributed by atoms with Crippen LogP contribution in [0.1, 0.15) is 43.9 Å². The number of nitrogens with one attached hydrogen (secondary N) is 1. The molecule has 1 N–H and O–H groups in total. The summed E-state index contributed by atoms with van der Waals surface area (Å²) in [5, 5.41) is 5.56. The highest BCUT2D eigenvalue weighted by molar-refractivity contribution is 6.31. The number of amides is 1. The number of carbonyl (C=O) groups is 1. The van der Waals surface area contributed by atoms with Gasteiger partial charge < -0.3 is 15.0 Å². The van der Waals surface area contributed by atoms with Crippen molar-refractivity contribution < 1.29 is 9.53 Å². The molecule has 6 heteroatoms. The molecule has 5 nitrogen and oxygen atoms in total. The molecule has 1 aliphatic heterocycles. The summed E-state index contributed by atoms with van der Waals surface area (Å²) in [4.78, 5) is 19.2. The van der Waals surface area contributed by atoms with Gasteiger partial charge in [0.2, 0.25) is 0 Å². The van der Waals surface area contributed by atoms with Crippen LogP contribution in [0.5, 0.6) is 0 Å². The largest absolute Gasteiger partial charge is 0.444 e. The third-order valence-corrected chi connectivity index (χ3v) is 6.28. The van der Waals surface area contributed by atoms with Gasteiger partial charge in [-0.2, -0.15) is 0 Å². The van der Waals surface area contributed by atoms with Crippen molar-refractivity contribution in [2.45, 2.75) is 52.2 Å². The summed E-state index contributed by atoms with van der Waals surface area (Å²) < 4.78 is 5.65. The van der Waals surface area contributed by atoms with Gasteiger partial charge in [0.15, 0.2) is 0 Å². The van der Waals surface area contributed by atoms with Crippen LogP contribution in [-0.4, -0.2) is 34.7 Å². The molecule has 2 heterocycles. The van der Waals surface area contributed by atoms with Crippen molar-refractivity contribution in [2.75, 3.05) is 18.4 Å². The Morgan fingerprint density at radius 1 is 1.16 bits per heavy atom. The zero-order valence-corrected chi connectivity index (χ0v) is 20.1. The second-order valence-electron chi connectivity index (χ2n) is 9.65. The van der Waals surface area contributed by atoms with Crippen LogP contribution in [0.4, 0.5) is 10.5 Å². The number of pyridine rings is 1. The van der Waals surface area contributed by atoms with Crippen molar-refractivity contribution >= 4 is 34.3 Å². The van der Waals surface area contributed by atoms with Crippen molar-refractivity contribution in [1.29, 1.82) is 0 Å². The maximum Gasteiger partial charge on any atom is 0.410 e. The molecular weight excluding hydrogens is 422 g/mol. The number of fused-ring (bicyclic) bond motifs is 1. The van der Waals surface area contributed by atoms with Crippen molar-refractivity contribution in [2.24, 2.45) is 0 Å². The van der Waals surface area contributed by atoms with Crippen LogP contribution in [0.2, 0.25) is 5.02 Å². The molecule has 168 valence electrons. The molecule has 1 amide bonds. The zero-order chi connectivity index (χ0) is 23.1. The van der Waals surface area contributed by atoms with E-state index in [4.69, 9.17) is 16.3 Å². The minimum absolute atomic E-state index is 0.304. The van der Waals surface area contributed by atoms with Crippen LogP contribution in [0.3, 0.4) is 0 Å². The van der Waals surface area contributed by atoms with Crippen molar-refractivity contribution in [3.05, 3.63) is 70.4 Å². The molecule has 1 atom stereocenters. The van der Waals surface area contributed by atoms with Gasteiger partial charge in [0.1, 0.15) is 5.60 Å². The van der Waals surface area contributed by atoms with Crippen molar-refractivity contribution in [3.8, 4) is 0 Å². The number of rotatable bonds is 3. The van der Waals surface area contributed by atoms with Gasteiger partial charge in [0.05, 0.1) is 17.6 Å². The van der Waals surface area contributed by atoms with E-state index in [1.54, 1.807) is 4.90 Å². The molecule has 0 bridgehead atoms. The molecule has 0 radical (unpaired) electrons. The van der Waals surface area contributed by atoms with E-state index in [-0.39, 0.29) is 6.09 Å². The lowest BCUT2D eigenvalue weighted by molar-refractivity contribution is 0.0286. The Balaban J connectivity index is 1.74. The van der Waals surface area contributed by atoms with E-state index in [0.29, 0.717) is 18.1 Å². The molecule has 1 fully saturated rings.